The second kappa shape index (κ2) is 7.35. The Labute approximate surface area is 109 Å². The molecule has 6 heteroatoms. The lowest BCUT2D eigenvalue weighted by atomic mass is 10.2. The van der Waals surface area contributed by atoms with E-state index in [1.54, 1.807) is 24.3 Å². The van der Waals surface area contributed by atoms with Gasteiger partial charge in [-0.2, -0.15) is 5.26 Å². The summed E-state index contributed by atoms with van der Waals surface area (Å²) in [7, 11) is 1.31. The summed E-state index contributed by atoms with van der Waals surface area (Å²) in [5.74, 6) is -0.0837. The van der Waals surface area contributed by atoms with Crippen LogP contribution in [-0.4, -0.2) is 30.5 Å². The molecular weight excluding hydrogens is 252 g/mol. The molecule has 0 heterocycles. The standard InChI is InChI=1S/C12H12N2O3S/c1-17-12(16)9-2-4-10(5-3-9)14-11(15)8-18-7-6-13/h2-5H,7-8H2,1H3,(H,14,15). The molecule has 18 heavy (non-hydrogen) atoms. The Bertz CT molecular complexity index is 465. The van der Waals surface area contributed by atoms with Crippen LogP contribution in [0.2, 0.25) is 0 Å². The van der Waals surface area contributed by atoms with Crippen LogP contribution in [0.5, 0.6) is 0 Å². The summed E-state index contributed by atoms with van der Waals surface area (Å²) >= 11 is 1.25. The van der Waals surface area contributed by atoms with Gasteiger partial charge in [0, 0.05) is 5.69 Å². The lowest BCUT2D eigenvalue weighted by Gasteiger charge is -2.05. The Kier molecular flexibility index (Phi) is 5.74. The van der Waals surface area contributed by atoms with Crippen molar-refractivity contribution in [3.63, 3.8) is 0 Å². The smallest absolute Gasteiger partial charge is 0.337 e. The molecule has 0 aromatic heterocycles. The van der Waals surface area contributed by atoms with Crippen LogP contribution in [0, 0.1) is 11.3 Å². The Morgan fingerprint density at radius 2 is 2.06 bits per heavy atom. The molecule has 0 saturated heterocycles. The van der Waals surface area contributed by atoms with E-state index in [1.165, 1.54) is 18.9 Å². The van der Waals surface area contributed by atoms with Gasteiger partial charge in [-0.1, -0.05) is 0 Å². The van der Waals surface area contributed by atoms with Crippen LogP contribution in [0.1, 0.15) is 10.4 Å². The maximum absolute atomic E-state index is 11.4. The van der Waals surface area contributed by atoms with Crippen molar-refractivity contribution in [2.24, 2.45) is 0 Å². The highest BCUT2D eigenvalue weighted by molar-refractivity contribution is 8.00. The fourth-order valence-corrected chi connectivity index (χ4v) is 1.64. The molecule has 0 aliphatic carbocycles. The Morgan fingerprint density at radius 1 is 1.39 bits per heavy atom. The number of methoxy groups -OCH3 is 1. The summed E-state index contributed by atoms with van der Waals surface area (Å²) in [6.07, 6.45) is 0. The fourth-order valence-electron chi connectivity index (χ4n) is 1.19. The minimum Gasteiger partial charge on any atom is -0.465 e. The Balaban J connectivity index is 2.51. The molecule has 5 nitrogen and oxygen atoms in total. The first kappa shape index (κ1) is 14.1. The van der Waals surface area contributed by atoms with Gasteiger partial charge in [0.25, 0.3) is 0 Å². The highest BCUT2D eigenvalue weighted by Crippen LogP contribution is 2.11. The third-order valence-corrected chi connectivity index (χ3v) is 2.79. The van der Waals surface area contributed by atoms with Crippen LogP contribution in [0.4, 0.5) is 5.69 Å². The molecule has 1 N–H and O–H groups in total. The molecular formula is C12H12N2O3S. The number of nitrogens with one attached hydrogen (secondary N) is 1. The average Bonchev–Trinajstić information content (AvgIpc) is 2.39. The number of esters is 1. The largest absolute Gasteiger partial charge is 0.465 e. The maximum atomic E-state index is 11.4. The quantitative estimate of drug-likeness (QED) is 0.646. The van der Waals surface area contributed by atoms with E-state index in [0.717, 1.165) is 0 Å². The molecule has 0 saturated carbocycles. The minimum atomic E-state index is -0.419. The lowest BCUT2D eigenvalue weighted by molar-refractivity contribution is -0.113. The van der Waals surface area contributed by atoms with Crippen LogP contribution < -0.4 is 5.32 Å². The second-order valence-corrected chi connectivity index (χ2v) is 4.25. The zero-order valence-electron chi connectivity index (χ0n) is 9.80. The first-order valence-corrected chi connectivity index (χ1v) is 6.25. The van der Waals surface area contributed by atoms with E-state index in [-0.39, 0.29) is 17.4 Å². The first-order valence-electron chi connectivity index (χ1n) is 5.10. The number of thioether (sulfide) groups is 1. The molecule has 0 bridgehead atoms. The van der Waals surface area contributed by atoms with Crippen LogP contribution in [0.25, 0.3) is 0 Å². The van der Waals surface area contributed by atoms with Gasteiger partial charge in [0.1, 0.15) is 0 Å². The van der Waals surface area contributed by atoms with Gasteiger partial charge >= 0.3 is 5.97 Å². The van der Waals surface area contributed by atoms with Gasteiger partial charge in [-0.15, -0.1) is 11.8 Å². The number of benzene rings is 1. The number of hydrogen-bond acceptors (Lipinski definition) is 5. The third-order valence-electron chi connectivity index (χ3n) is 1.99. The fraction of sp³-hybridized carbons (Fsp3) is 0.250. The number of hydrogen-bond donors (Lipinski definition) is 1. The van der Waals surface area contributed by atoms with Crippen molar-refractivity contribution in [2.45, 2.75) is 0 Å². The molecule has 0 aliphatic heterocycles. The number of carbonyl (C=O) groups is 2. The Hall–Kier alpha value is -2.00. The number of ether oxygens (including phenoxy) is 1. The predicted octanol–water partition coefficient (Wildman–Crippen LogP) is 1.67. The first-order chi connectivity index (χ1) is 8.67. The summed E-state index contributed by atoms with van der Waals surface area (Å²) in [6.45, 7) is 0. The van der Waals surface area contributed by atoms with Crippen LogP contribution >= 0.6 is 11.8 Å². The second-order valence-electron chi connectivity index (χ2n) is 3.27. The van der Waals surface area contributed by atoms with Gasteiger partial charge in [-0.3, -0.25) is 4.79 Å². The zero-order chi connectivity index (χ0) is 13.4. The van der Waals surface area contributed by atoms with Gasteiger partial charge in [-0.25, -0.2) is 4.79 Å². The number of amides is 1. The van der Waals surface area contributed by atoms with Crippen LogP contribution in [0.15, 0.2) is 24.3 Å². The Morgan fingerprint density at radius 3 is 2.61 bits per heavy atom. The zero-order valence-corrected chi connectivity index (χ0v) is 10.6. The van der Waals surface area contributed by atoms with Gasteiger partial charge < -0.3 is 10.1 Å². The molecule has 0 unspecified atom stereocenters. The molecule has 0 spiro atoms. The highest BCUT2D eigenvalue weighted by Gasteiger charge is 2.06. The van der Waals surface area contributed by atoms with E-state index in [0.29, 0.717) is 11.3 Å². The summed E-state index contributed by atoms with van der Waals surface area (Å²) in [5, 5.41) is 11.0. The summed E-state index contributed by atoms with van der Waals surface area (Å²) in [4.78, 5) is 22.6. The average molecular weight is 264 g/mol. The number of anilines is 1. The molecule has 0 fully saturated rings. The number of nitrogens with zero attached hydrogens (tertiary/aromatic N) is 1. The number of nitriles is 1. The predicted molar refractivity (Wildman–Crippen MR) is 69.3 cm³/mol. The van der Waals surface area contributed by atoms with E-state index in [9.17, 15) is 9.59 Å². The molecule has 94 valence electrons. The van der Waals surface area contributed by atoms with Crippen molar-refractivity contribution >= 4 is 29.3 Å². The SMILES string of the molecule is COC(=O)c1ccc(NC(=O)CSCC#N)cc1. The van der Waals surface area contributed by atoms with Crippen molar-refractivity contribution in [3.05, 3.63) is 29.8 Å². The van der Waals surface area contributed by atoms with Crippen molar-refractivity contribution in [2.75, 3.05) is 23.9 Å². The number of rotatable bonds is 5. The van der Waals surface area contributed by atoms with E-state index in [2.05, 4.69) is 10.1 Å². The lowest BCUT2D eigenvalue weighted by Crippen LogP contribution is -2.14. The van der Waals surface area contributed by atoms with Crippen LogP contribution in [-0.2, 0) is 9.53 Å². The van der Waals surface area contributed by atoms with E-state index < -0.39 is 5.97 Å². The van der Waals surface area contributed by atoms with Gasteiger partial charge in [0.15, 0.2) is 0 Å². The molecule has 1 aromatic carbocycles. The van der Waals surface area contributed by atoms with Crippen LogP contribution in [0.3, 0.4) is 0 Å². The molecule has 0 atom stereocenters. The van der Waals surface area contributed by atoms with Crippen molar-refractivity contribution in [3.8, 4) is 6.07 Å². The topological polar surface area (TPSA) is 79.2 Å². The molecule has 1 aromatic rings. The molecule has 0 aliphatic rings. The molecule has 1 rings (SSSR count). The molecule has 1 amide bonds. The van der Waals surface area contributed by atoms with Crippen molar-refractivity contribution < 1.29 is 14.3 Å². The summed E-state index contributed by atoms with van der Waals surface area (Å²) < 4.78 is 4.56. The highest BCUT2D eigenvalue weighted by atomic mass is 32.2. The normalized spacial score (nSPS) is 9.33. The summed E-state index contributed by atoms with van der Waals surface area (Å²) in [5.41, 5.74) is 1.03. The van der Waals surface area contributed by atoms with Gasteiger partial charge in [-0.05, 0) is 24.3 Å². The van der Waals surface area contributed by atoms with E-state index >= 15 is 0 Å². The monoisotopic (exact) mass is 264 g/mol. The third kappa shape index (κ3) is 4.47. The summed E-state index contributed by atoms with van der Waals surface area (Å²) in [6, 6.07) is 8.34. The van der Waals surface area contributed by atoms with E-state index in [1.807, 2.05) is 6.07 Å². The van der Waals surface area contributed by atoms with Gasteiger partial charge in [0.05, 0.1) is 30.2 Å². The van der Waals surface area contributed by atoms with Crippen molar-refractivity contribution in [1.82, 2.24) is 0 Å². The number of carbonyl (C=O) groups excluding carboxylic acids is 2. The molecule has 0 radical (unpaired) electrons. The van der Waals surface area contributed by atoms with Crippen molar-refractivity contribution in [1.29, 1.82) is 5.26 Å². The van der Waals surface area contributed by atoms with E-state index in [4.69, 9.17) is 5.26 Å². The maximum Gasteiger partial charge on any atom is 0.337 e. The minimum absolute atomic E-state index is 0.180. The van der Waals surface area contributed by atoms with Gasteiger partial charge in [0.2, 0.25) is 5.91 Å².